The Hall–Kier alpha value is -0.900. The van der Waals surface area contributed by atoms with Crippen molar-refractivity contribution in [1.82, 2.24) is 20.0 Å². The van der Waals surface area contributed by atoms with Gasteiger partial charge in [-0.15, -0.1) is 24.0 Å². The standard InChI is InChI=1S/C22H35N5O.HI/c1-23-22(24-13-19-9-6-10-25(2)14-19)27-16-20-21(17-27)28-12-11-26(20)15-18-7-4-3-5-8-18;/h3-5,7-8,19-21H,6,9-17H2,1-2H3,(H,23,24);1H. The van der Waals surface area contributed by atoms with Crippen LogP contribution in [0.4, 0.5) is 0 Å². The summed E-state index contributed by atoms with van der Waals surface area (Å²) in [6.45, 7) is 8.17. The van der Waals surface area contributed by atoms with Crippen LogP contribution < -0.4 is 5.32 Å². The largest absolute Gasteiger partial charge is 0.373 e. The molecule has 3 atom stereocenters. The summed E-state index contributed by atoms with van der Waals surface area (Å²) in [5.41, 5.74) is 1.38. The van der Waals surface area contributed by atoms with E-state index in [1.165, 1.54) is 31.5 Å². The monoisotopic (exact) mass is 513 g/mol. The Kier molecular flexibility index (Phi) is 8.58. The fourth-order valence-corrected chi connectivity index (χ4v) is 4.95. The minimum Gasteiger partial charge on any atom is -0.373 e. The molecule has 3 saturated heterocycles. The lowest BCUT2D eigenvalue weighted by Gasteiger charge is -2.36. The Bertz CT molecular complexity index is 658. The normalized spacial score (nSPS) is 28.7. The second-order valence-electron chi connectivity index (χ2n) is 8.54. The number of likely N-dealkylation sites (tertiary alicyclic amines) is 2. The van der Waals surface area contributed by atoms with Gasteiger partial charge in [-0.2, -0.15) is 0 Å². The molecule has 0 amide bonds. The second kappa shape index (κ2) is 10.9. The summed E-state index contributed by atoms with van der Waals surface area (Å²) >= 11 is 0. The third-order valence-corrected chi connectivity index (χ3v) is 6.43. The van der Waals surface area contributed by atoms with Crippen molar-refractivity contribution < 1.29 is 4.74 Å². The number of nitrogens with one attached hydrogen (secondary N) is 1. The van der Waals surface area contributed by atoms with Crippen molar-refractivity contribution in [1.29, 1.82) is 0 Å². The highest BCUT2D eigenvalue weighted by molar-refractivity contribution is 14.0. The zero-order valence-electron chi connectivity index (χ0n) is 17.8. The summed E-state index contributed by atoms with van der Waals surface area (Å²) in [5.74, 6) is 1.75. The molecule has 4 rings (SSSR count). The van der Waals surface area contributed by atoms with Gasteiger partial charge in [0.1, 0.15) is 0 Å². The zero-order valence-corrected chi connectivity index (χ0v) is 20.1. The van der Waals surface area contributed by atoms with E-state index in [0.717, 1.165) is 45.3 Å². The molecule has 0 spiro atoms. The molecular formula is C22H36IN5O. The van der Waals surface area contributed by atoms with Gasteiger partial charge in [0.2, 0.25) is 0 Å². The molecule has 0 aliphatic carbocycles. The van der Waals surface area contributed by atoms with Crippen LogP contribution in [-0.4, -0.2) is 92.8 Å². The molecule has 162 valence electrons. The highest BCUT2D eigenvalue weighted by atomic mass is 127. The van der Waals surface area contributed by atoms with Crippen LogP contribution in [0.1, 0.15) is 18.4 Å². The van der Waals surface area contributed by atoms with E-state index in [9.17, 15) is 0 Å². The van der Waals surface area contributed by atoms with E-state index < -0.39 is 0 Å². The molecule has 0 saturated carbocycles. The summed E-state index contributed by atoms with van der Waals surface area (Å²) in [6.07, 6.45) is 2.89. The van der Waals surface area contributed by atoms with E-state index in [0.29, 0.717) is 12.0 Å². The van der Waals surface area contributed by atoms with Crippen LogP contribution >= 0.6 is 24.0 Å². The minimum absolute atomic E-state index is 0. The molecule has 3 heterocycles. The molecule has 29 heavy (non-hydrogen) atoms. The number of piperidine rings is 1. The molecule has 3 fully saturated rings. The maximum absolute atomic E-state index is 6.13. The number of morpholine rings is 1. The topological polar surface area (TPSA) is 43.3 Å². The van der Waals surface area contributed by atoms with Crippen molar-refractivity contribution in [3.05, 3.63) is 35.9 Å². The van der Waals surface area contributed by atoms with Gasteiger partial charge in [0.25, 0.3) is 0 Å². The van der Waals surface area contributed by atoms with Crippen LogP contribution in [0.25, 0.3) is 0 Å². The smallest absolute Gasteiger partial charge is 0.193 e. The van der Waals surface area contributed by atoms with Crippen molar-refractivity contribution in [2.75, 3.05) is 60.0 Å². The second-order valence-corrected chi connectivity index (χ2v) is 8.54. The fourth-order valence-electron chi connectivity index (χ4n) is 4.95. The summed E-state index contributed by atoms with van der Waals surface area (Å²) in [5, 5.41) is 3.65. The zero-order chi connectivity index (χ0) is 19.3. The molecular weight excluding hydrogens is 477 g/mol. The van der Waals surface area contributed by atoms with Gasteiger partial charge >= 0.3 is 0 Å². The number of hydrogen-bond acceptors (Lipinski definition) is 4. The third-order valence-electron chi connectivity index (χ3n) is 6.43. The van der Waals surface area contributed by atoms with Crippen LogP contribution in [0.3, 0.4) is 0 Å². The van der Waals surface area contributed by atoms with E-state index in [1.807, 2.05) is 7.05 Å². The van der Waals surface area contributed by atoms with Gasteiger partial charge in [-0.05, 0) is 37.9 Å². The van der Waals surface area contributed by atoms with Crippen LogP contribution in [0.5, 0.6) is 0 Å². The Morgan fingerprint density at radius 3 is 2.76 bits per heavy atom. The lowest BCUT2D eigenvalue weighted by atomic mass is 9.99. The minimum atomic E-state index is 0. The molecule has 1 aromatic rings. The average Bonchev–Trinajstić information content (AvgIpc) is 3.14. The van der Waals surface area contributed by atoms with Gasteiger partial charge in [0.15, 0.2) is 5.96 Å². The summed E-state index contributed by atoms with van der Waals surface area (Å²) < 4.78 is 6.13. The van der Waals surface area contributed by atoms with Crippen LogP contribution in [0.15, 0.2) is 35.3 Å². The van der Waals surface area contributed by atoms with Crippen molar-refractivity contribution in [2.45, 2.75) is 31.5 Å². The first-order valence-electron chi connectivity index (χ1n) is 10.8. The molecule has 3 unspecified atom stereocenters. The fraction of sp³-hybridized carbons (Fsp3) is 0.682. The summed E-state index contributed by atoms with van der Waals surface area (Å²) in [6, 6.07) is 11.2. The maximum Gasteiger partial charge on any atom is 0.193 e. The van der Waals surface area contributed by atoms with Crippen molar-refractivity contribution >= 4 is 29.9 Å². The first-order valence-corrected chi connectivity index (χ1v) is 10.8. The molecule has 0 radical (unpaired) electrons. The van der Waals surface area contributed by atoms with E-state index in [1.54, 1.807) is 0 Å². The average molecular weight is 513 g/mol. The van der Waals surface area contributed by atoms with E-state index in [2.05, 4.69) is 62.4 Å². The van der Waals surface area contributed by atoms with Gasteiger partial charge in [-0.3, -0.25) is 9.89 Å². The summed E-state index contributed by atoms with van der Waals surface area (Å²) in [7, 11) is 4.13. The van der Waals surface area contributed by atoms with Gasteiger partial charge in [0, 0.05) is 46.3 Å². The van der Waals surface area contributed by atoms with Crippen LogP contribution in [-0.2, 0) is 11.3 Å². The number of ether oxygens (including phenoxy) is 1. The maximum atomic E-state index is 6.13. The Morgan fingerprint density at radius 1 is 1.17 bits per heavy atom. The SMILES string of the molecule is CN=C(NCC1CCCN(C)C1)N1CC2OCCN(Cc3ccccc3)C2C1.I. The predicted octanol–water partition coefficient (Wildman–Crippen LogP) is 2.11. The highest BCUT2D eigenvalue weighted by Gasteiger charge is 2.41. The highest BCUT2D eigenvalue weighted by Crippen LogP contribution is 2.25. The lowest BCUT2D eigenvalue weighted by molar-refractivity contribution is -0.0502. The number of fused-ring (bicyclic) bond motifs is 1. The molecule has 1 N–H and O–H groups in total. The lowest BCUT2D eigenvalue weighted by Crippen LogP contribution is -2.50. The number of nitrogens with zero attached hydrogens (tertiary/aromatic N) is 4. The third kappa shape index (κ3) is 5.83. The Morgan fingerprint density at radius 2 is 2.00 bits per heavy atom. The first-order chi connectivity index (χ1) is 13.7. The van der Waals surface area contributed by atoms with Gasteiger partial charge in [-0.1, -0.05) is 30.3 Å². The van der Waals surface area contributed by atoms with Gasteiger partial charge in [0.05, 0.1) is 18.8 Å². The number of aliphatic imine (C=N–C) groups is 1. The Labute approximate surface area is 192 Å². The van der Waals surface area contributed by atoms with E-state index in [4.69, 9.17) is 4.74 Å². The first kappa shape index (κ1) is 22.8. The number of guanidine groups is 1. The van der Waals surface area contributed by atoms with Crippen LogP contribution in [0, 0.1) is 5.92 Å². The van der Waals surface area contributed by atoms with Gasteiger partial charge in [-0.25, -0.2) is 0 Å². The molecule has 0 bridgehead atoms. The molecule has 1 aromatic carbocycles. The number of halogens is 1. The van der Waals surface area contributed by atoms with E-state index in [-0.39, 0.29) is 30.1 Å². The molecule has 3 aliphatic rings. The van der Waals surface area contributed by atoms with Crippen LogP contribution in [0.2, 0.25) is 0 Å². The number of rotatable bonds is 4. The molecule has 7 heteroatoms. The predicted molar refractivity (Wildman–Crippen MR) is 129 cm³/mol. The number of hydrogen-bond donors (Lipinski definition) is 1. The van der Waals surface area contributed by atoms with Crippen molar-refractivity contribution in [2.24, 2.45) is 10.9 Å². The number of benzene rings is 1. The van der Waals surface area contributed by atoms with E-state index >= 15 is 0 Å². The quantitative estimate of drug-likeness (QED) is 0.380. The van der Waals surface area contributed by atoms with Gasteiger partial charge < -0.3 is 19.9 Å². The molecule has 0 aromatic heterocycles. The molecule has 6 nitrogen and oxygen atoms in total. The van der Waals surface area contributed by atoms with Crippen molar-refractivity contribution in [3.63, 3.8) is 0 Å². The summed E-state index contributed by atoms with van der Waals surface area (Å²) in [4.78, 5) is 12.0. The Balaban J connectivity index is 0.00000240. The molecule has 3 aliphatic heterocycles. The van der Waals surface area contributed by atoms with Crippen molar-refractivity contribution in [3.8, 4) is 0 Å².